The Morgan fingerprint density at radius 3 is 1.53 bits per heavy atom. The van der Waals surface area contributed by atoms with Crippen molar-refractivity contribution in [3.63, 3.8) is 0 Å². The van der Waals surface area contributed by atoms with Crippen LogP contribution >= 0.6 is 15.9 Å². The minimum Gasteiger partial charge on any atom is -0.462 e. The molecule has 1 aromatic carbocycles. The molecule has 43 heavy (non-hydrogen) atoms. The van der Waals surface area contributed by atoms with Gasteiger partial charge in [-0.25, -0.2) is 0 Å². The number of esters is 4. The summed E-state index contributed by atoms with van der Waals surface area (Å²) in [4.78, 5) is 52.9. The molecule has 10 heteroatoms. The molecule has 1 fully saturated rings. The van der Waals surface area contributed by atoms with E-state index in [1.54, 1.807) is 83.1 Å². The first-order valence-corrected chi connectivity index (χ1v) is 15.4. The van der Waals surface area contributed by atoms with Crippen molar-refractivity contribution >= 4 is 39.8 Å². The minimum atomic E-state index is -1.29. The highest BCUT2D eigenvalue weighted by Gasteiger charge is 2.55. The number of carbonyl (C=O) groups is 4. The zero-order valence-electron chi connectivity index (χ0n) is 27.9. The Kier molecular flexibility index (Phi) is 11.3. The van der Waals surface area contributed by atoms with Crippen LogP contribution in [-0.2, 0) is 42.9 Å². The van der Waals surface area contributed by atoms with Gasteiger partial charge in [0.05, 0.1) is 21.7 Å². The van der Waals surface area contributed by atoms with Gasteiger partial charge in [0.1, 0.15) is 18.8 Å². The predicted molar refractivity (Wildman–Crippen MR) is 165 cm³/mol. The van der Waals surface area contributed by atoms with Crippen molar-refractivity contribution in [3.8, 4) is 0 Å². The minimum absolute atomic E-state index is 0.300. The summed E-state index contributed by atoms with van der Waals surface area (Å²) < 4.78 is 31.3. The molecule has 0 amide bonds. The lowest BCUT2D eigenvalue weighted by molar-refractivity contribution is -0.262. The van der Waals surface area contributed by atoms with Gasteiger partial charge in [0, 0.05) is 4.47 Å². The van der Waals surface area contributed by atoms with Gasteiger partial charge in [0.2, 0.25) is 0 Å². The van der Waals surface area contributed by atoms with Gasteiger partial charge in [0.25, 0.3) is 0 Å². The van der Waals surface area contributed by atoms with E-state index in [0.29, 0.717) is 5.56 Å². The molecule has 0 aromatic heterocycles. The highest BCUT2D eigenvalue weighted by atomic mass is 79.9. The average Bonchev–Trinajstić information content (AvgIpc) is 2.84. The first-order valence-electron chi connectivity index (χ1n) is 14.6. The lowest BCUT2D eigenvalue weighted by Crippen LogP contribution is -2.61. The van der Waals surface area contributed by atoms with Crippen molar-refractivity contribution in [3.05, 3.63) is 33.8 Å². The lowest BCUT2D eigenvalue weighted by atomic mass is 9.87. The third-order valence-corrected chi connectivity index (χ3v) is 7.67. The maximum absolute atomic E-state index is 13.4. The van der Waals surface area contributed by atoms with E-state index in [0.717, 1.165) is 10.0 Å². The summed E-state index contributed by atoms with van der Waals surface area (Å²) in [6, 6.07) is 5.51. The molecule has 5 atom stereocenters. The molecule has 1 saturated heterocycles. The number of benzene rings is 1. The fourth-order valence-corrected chi connectivity index (χ4v) is 4.29. The van der Waals surface area contributed by atoms with Crippen molar-refractivity contribution in [2.75, 3.05) is 6.61 Å². The number of hydrogen-bond donors (Lipinski definition) is 0. The fourth-order valence-electron chi connectivity index (χ4n) is 3.91. The first-order chi connectivity index (χ1) is 19.4. The third-order valence-electron chi connectivity index (χ3n) is 6.81. The molecule has 0 unspecified atom stereocenters. The molecule has 0 bridgehead atoms. The van der Waals surface area contributed by atoms with Crippen molar-refractivity contribution < 1.29 is 42.9 Å². The highest BCUT2D eigenvalue weighted by Crippen LogP contribution is 2.42. The van der Waals surface area contributed by atoms with Gasteiger partial charge >= 0.3 is 23.9 Å². The number of halogens is 1. The third kappa shape index (κ3) is 9.51. The molecule has 1 aliphatic heterocycles. The van der Waals surface area contributed by atoms with Gasteiger partial charge in [-0.2, -0.15) is 0 Å². The Morgan fingerprint density at radius 2 is 1.09 bits per heavy atom. The molecular weight excluding hydrogens is 620 g/mol. The van der Waals surface area contributed by atoms with Crippen LogP contribution in [0.5, 0.6) is 0 Å². The number of rotatable bonds is 6. The van der Waals surface area contributed by atoms with Crippen molar-refractivity contribution in [2.24, 2.45) is 21.7 Å². The average molecular weight is 670 g/mol. The normalized spacial score (nSPS) is 23.3. The standard InChI is InChI=1S/C33H49BrO9/c1-18-19(15-14-16-20(18)34)22-24(42-28(37)32(8,9)10)25(43-29(38)33(11,12)13)23(41-27(36)31(5,6)7)21(40-22)17-39-26(35)30(2,3)4/h14-16,21-25H,17H2,1-13H3/t21-,22-,23-,24-,25-/m1/s1. The second kappa shape index (κ2) is 13.3. The summed E-state index contributed by atoms with van der Waals surface area (Å²) >= 11 is 3.56. The van der Waals surface area contributed by atoms with Crippen LogP contribution in [0, 0.1) is 28.6 Å². The van der Waals surface area contributed by atoms with Gasteiger partial charge < -0.3 is 23.7 Å². The van der Waals surface area contributed by atoms with Crippen LogP contribution < -0.4 is 0 Å². The maximum atomic E-state index is 13.4. The van der Waals surface area contributed by atoms with Crippen LogP contribution in [0.15, 0.2) is 22.7 Å². The molecule has 0 aliphatic carbocycles. The van der Waals surface area contributed by atoms with Crippen LogP contribution in [0.4, 0.5) is 0 Å². The predicted octanol–water partition coefficient (Wildman–Crippen LogP) is 6.66. The summed E-state index contributed by atoms with van der Waals surface area (Å²) in [5.74, 6) is -2.24. The quantitative estimate of drug-likeness (QED) is 0.242. The van der Waals surface area contributed by atoms with Crippen molar-refractivity contribution in [2.45, 2.75) is 121 Å². The molecule has 1 aliphatic rings. The molecule has 1 aromatic rings. The smallest absolute Gasteiger partial charge is 0.311 e. The largest absolute Gasteiger partial charge is 0.462 e. The molecule has 242 valence electrons. The van der Waals surface area contributed by atoms with E-state index in [9.17, 15) is 19.2 Å². The molecule has 0 spiro atoms. The Balaban J connectivity index is 2.81. The fraction of sp³-hybridized carbons (Fsp3) is 0.697. The zero-order valence-corrected chi connectivity index (χ0v) is 29.5. The monoisotopic (exact) mass is 668 g/mol. The number of ether oxygens (including phenoxy) is 5. The molecule has 0 saturated carbocycles. The van der Waals surface area contributed by atoms with E-state index in [4.69, 9.17) is 23.7 Å². The Labute approximate surface area is 264 Å². The van der Waals surface area contributed by atoms with Crippen LogP contribution in [0.1, 0.15) is 100 Å². The van der Waals surface area contributed by atoms with Crippen LogP contribution in [-0.4, -0.2) is 54.9 Å². The topological polar surface area (TPSA) is 114 Å². The Morgan fingerprint density at radius 1 is 0.674 bits per heavy atom. The van der Waals surface area contributed by atoms with E-state index in [1.807, 2.05) is 25.1 Å². The second-order valence-corrected chi connectivity index (χ2v) is 16.1. The molecular formula is C33H49BrO9. The van der Waals surface area contributed by atoms with Crippen molar-refractivity contribution in [1.29, 1.82) is 0 Å². The van der Waals surface area contributed by atoms with Gasteiger partial charge in [0.15, 0.2) is 18.3 Å². The molecule has 0 N–H and O–H groups in total. The van der Waals surface area contributed by atoms with Crippen LogP contribution in [0.3, 0.4) is 0 Å². The van der Waals surface area contributed by atoms with Crippen molar-refractivity contribution in [1.82, 2.24) is 0 Å². The SMILES string of the molecule is Cc1c(Br)cccc1[C@H]1O[C@H](COC(=O)C(C)(C)C)[C@@H](OC(=O)C(C)(C)C)[C@@H](OC(=O)C(C)(C)C)[C@@H]1OC(=O)C(C)(C)C. The van der Waals surface area contributed by atoms with Gasteiger partial charge in [-0.1, -0.05) is 28.1 Å². The van der Waals surface area contributed by atoms with E-state index in [-0.39, 0.29) is 6.61 Å². The zero-order chi connectivity index (χ0) is 33.3. The summed E-state index contributed by atoms with van der Waals surface area (Å²) in [6.45, 7) is 22.0. The summed E-state index contributed by atoms with van der Waals surface area (Å²) in [5, 5.41) is 0. The van der Waals surface area contributed by atoms with Crippen LogP contribution in [0.25, 0.3) is 0 Å². The van der Waals surface area contributed by atoms with E-state index < -0.39 is 76.1 Å². The highest BCUT2D eigenvalue weighted by molar-refractivity contribution is 9.10. The number of hydrogen-bond acceptors (Lipinski definition) is 9. The maximum Gasteiger partial charge on any atom is 0.311 e. The molecule has 9 nitrogen and oxygen atoms in total. The summed E-state index contributed by atoms with van der Waals surface area (Å²) in [6.07, 6.45) is -5.81. The van der Waals surface area contributed by atoms with Crippen LogP contribution in [0.2, 0.25) is 0 Å². The summed E-state index contributed by atoms with van der Waals surface area (Å²) in [5.41, 5.74) is -2.13. The Bertz CT molecular complexity index is 1190. The van der Waals surface area contributed by atoms with Gasteiger partial charge in [-0.15, -0.1) is 0 Å². The van der Waals surface area contributed by atoms with Gasteiger partial charge in [-0.3, -0.25) is 19.2 Å². The van der Waals surface area contributed by atoms with Gasteiger partial charge in [-0.05, 0) is 107 Å². The first kappa shape index (κ1) is 36.7. The molecule has 0 radical (unpaired) electrons. The van der Waals surface area contributed by atoms with E-state index >= 15 is 0 Å². The second-order valence-electron chi connectivity index (χ2n) is 15.3. The lowest BCUT2D eigenvalue weighted by Gasteiger charge is -2.46. The molecule has 2 rings (SSSR count). The van der Waals surface area contributed by atoms with E-state index in [1.165, 1.54) is 0 Å². The summed E-state index contributed by atoms with van der Waals surface area (Å²) in [7, 11) is 0. The number of carbonyl (C=O) groups excluding carboxylic acids is 4. The Hall–Kier alpha value is -2.46. The van der Waals surface area contributed by atoms with E-state index in [2.05, 4.69) is 15.9 Å². The molecule has 1 heterocycles.